The zero-order valence-electron chi connectivity index (χ0n) is 10.4. The SMILES string of the molecule is CN(CC1(O)CCCC1)C(=O)c1cccc(Br)n1. The Kier molecular flexibility index (Phi) is 4.02. The molecule has 1 aromatic heterocycles. The minimum atomic E-state index is -0.712. The zero-order valence-corrected chi connectivity index (χ0v) is 12.0. The number of amides is 1. The first-order valence-electron chi connectivity index (χ1n) is 6.11. The van der Waals surface area contributed by atoms with E-state index in [0.717, 1.165) is 25.7 Å². The van der Waals surface area contributed by atoms with Gasteiger partial charge in [-0.3, -0.25) is 4.79 Å². The number of hydrogen-bond donors (Lipinski definition) is 1. The average molecular weight is 313 g/mol. The van der Waals surface area contributed by atoms with Crippen LogP contribution < -0.4 is 0 Å². The van der Waals surface area contributed by atoms with E-state index in [1.54, 1.807) is 30.1 Å². The Balaban J connectivity index is 2.04. The fourth-order valence-corrected chi connectivity index (χ4v) is 2.77. The lowest BCUT2D eigenvalue weighted by Crippen LogP contribution is -2.42. The van der Waals surface area contributed by atoms with Gasteiger partial charge in [0.1, 0.15) is 10.3 Å². The van der Waals surface area contributed by atoms with Crippen molar-refractivity contribution in [3.05, 3.63) is 28.5 Å². The molecule has 2 rings (SSSR count). The summed E-state index contributed by atoms with van der Waals surface area (Å²) >= 11 is 3.25. The third kappa shape index (κ3) is 3.09. The molecule has 0 aliphatic heterocycles. The number of aromatic nitrogens is 1. The van der Waals surface area contributed by atoms with Crippen molar-refractivity contribution in [3.8, 4) is 0 Å². The van der Waals surface area contributed by atoms with Crippen LogP contribution in [0.25, 0.3) is 0 Å². The monoisotopic (exact) mass is 312 g/mol. The summed E-state index contributed by atoms with van der Waals surface area (Å²) in [5.41, 5.74) is -0.315. The molecule has 0 unspecified atom stereocenters. The molecule has 0 bridgehead atoms. The topological polar surface area (TPSA) is 53.4 Å². The molecule has 0 saturated heterocycles. The molecule has 0 aromatic carbocycles. The maximum atomic E-state index is 12.2. The minimum absolute atomic E-state index is 0.156. The van der Waals surface area contributed by atoms with Gasteiger partial charge < -0.3 is 10.0 Å². The lowest BCUT2D eigenvalue weighted by atomic mass is 10.0. The van der Waals surface area contributed by atoms with Crippen molar-refractivity contribution in [2.75, 3.05) is 13.6 Å². The number of pyridine rings is 1. The predicted octanol–water partition coefficient (Wildman–Crippen LogP) is 2.22. The van der Waals surface area contributed by atoms with Crippen molar-refractivity contribution < 1.29 is 9.90 Å². The molecule has 1 aromatic rings. The van der Waals surface area contributed by atoms with E-state index in [1.165, 1.54) is 0 Å². The van der Waals surface area contributed by atoms with Gasteiger partial charge in [-0.25, -0.2) is 4.98 Å². The molecule has 1 saturated carbocycles. The molecule has 1 fully saturated rings. The van der Waals surface area contributed by atoms with Gasteiger partial charge in [0.2, 0.25) is 0 Å². The van der Waals surface area contributed by atoms with Gasteiger partial charge in [0.25, 0.3) is 5.91 Å². The van der Waals surface area contributed by atoms with Gasteiger partial charge >= 0.3 is 0 Å². The number of likely N-dealkylation sites (N-methyl/N-ethyl adjacent to an activating group) is 1. The number of carbonyl (C=O) groups excluding carboxylic acids is 1. The van der Waals surface area contributed by atoms with Crippen LogP contribution in [0.4, 0.5) is 0 Å². The lowest BCUT2D eigenvalue weighted by Gasteiger charge is -2.28. The first-order valence-corrected chi connectivity index (χ1v) is 6.90. The van der Waals surface area contributed by atoms with Crippen LogP contribution in [-0.4, -0.2) is 40.1 Å². The standard InChI is InChI=1S/C13H17BrN2O2/c1-16(9-13(18)7-2-3-8-13)12(17)10-5-4-6-11(14)15-10/h4-6,18H,2-3,7-9H2,1H3. The van der Waals surface area contributed by atoms with Gasteiger partial charge in [0.15, 0.2) is 0 Å². The molecule has 0 spiro atoms. The molecule has 18 heavy (non-hydrogen) atoms. The minimum Gasteiger partial charge on any atom is -0.388 e. The molecule has 0 radical (unpaired) electrons. The van der Waals surface area contributed by atoms with Crippen LogP contribution >= 0.6 is 15.9 Å². The van der Waals surface area contributed by atoms with Gasteiger partial charge in [0, 0.05) is 13.6 Å². The first kappa shape index (κ1) is 13.5. The van der Waals surface area contributed by atoms with E-state index in [1.807, 2.05) is 0 Å². The maximum absolute atomic E-state index is 12.2. The van der Waals surface area contributed by atoms with Gasteiger partial charge in [-0.1, -0.05) is 18.9 Å². The quantitative estimate of drug-likeness (QED) is 0.871. The van der Waals surface area contributed by atoms with Crippen LogP contribution in [0.5, 0.6) is 0 Å². The largest absolute Gasteiger partial charge is 0.388 e. The Labute approximate surface area is 115 Å². The molecule has 1 heterocycles. The van der Waals surface area contributed by atoms with Gasteiger partial charge in [-0.15, -0.1) is 0 Å². The van der Waals surface area contributed by atoms with Gasteiger partial charge in [-0.05, 0) is 40.9 Å². The van der Waals surface area contributed by atoms with E-state index in [0.29, 0.717) is 16.8 Å². The summed E-state index contributed by atoms with van der Waals surface area (Å²) in [5.74, 6) is -0.156. The van der Waals surface area contributed by atoms with Gasteiger partial charge in [0.05, 0.1) is 5.60 Å². The summed E-state index contributed by atoms with van der Waals surface area (Å²) in [5, 5.41) is 10.3. The van der Waals surface area contributed by atoms with E-state index in [9.17, 15) is 9.90 Å². The Morgan fingerprint density at radius 1 is 1.50 bits per heavy atom. The van der Waals surface area contributed by atoms with Crippen molar-refractivity contribution in [1.82, 2.24) is 9.88 Å². The van der Waals surface area contributed by atoms with Crippen LogP contribution in [0, 0.1) is 0 Å². The van der Waals surface area contributed by atoms with Crippen molar-refractivity contribution in [2.24, 2.45) is 0 Å². The molecule has 0 atom stereocenters. The predicted molar refractivity (Wildman–Crippen MR) is 72.3 cm³/mol. The second-order valence-electron chi connectivity index (χ2n) is 4.94. The van der Waals surface area contributed by atoms with Crippen molar-refractivity contribution in [1.29, 1.82) is 0 Å². The summed E-state index contributed by atoms with van der Waals surface area (Å²) < 4.78 is 0.640. The smallest absolute Gasteiger partial charge is 0.272 e. The van der Waals surface area contributed by atoms with E-state index >= 15 is 0 Å². The number of rotatable bonds is 3. The fraction of sp³-hybridized carbons (Fsp3) is 0.538. The second kappa shape index (κ2) is 5.36. The fourth-order valence-electron chi connectivity index (χ4n) is 2.43. The molecular weight excluding hydrogens is 296 g/mol. The Morgan fingerprint density at radius 2 is 2.17 bits per heavy atom. The van der Waals surface area contributed by atoms with E-state index in [-0.39, 0.29) is 5.91 Å². The molecule has 1 aliphatic rings. The van der Waals surface area contributed by atoms with Crippen molar-refractivity contribution in [3.63, 3.8) is 0 Å². The average Bonchev–Trinajstić information content (AvgIpc) is 2.74. The normalized spacial score (nSPS) is 17.7. The zero-order chi connectivity index (χ0) is 13.2. The molecule has 1 aliphatic carbocycles. The van der Waals surface area contributed by atoms with Crippen LogP contribution in [0.15, 0.2) is 22.8 Å². The third-order valence-electron chi connectivity index (χ3n) is 3.35. The second-order valence-corrected chi connectivity index (χ2v) is 5.75. The summed E-state index contributed by atoms with van der Waals surface area (Å²) in [7, 11) is 1.71. The number of carbonyl (C=O) groups is 1. The summed E-state index contributed by atoms with van der Waals surface area (Å²) in [6, 6.07) is 5.24. The number of hydrogen-bond acceptors (Lipinski definition) is 3. The maximum Gasteiger partial charge on any atom is 0.272 e. The Bertz CT molecular complexity index is 444. The van der Waals surface area contributed by atoms with Crippen molar-refractivity contribution >= 4 is 21.8 Å². The van der Waals surface area contributed by atoms with Crippen LogP contribution in [0.1, 0.15) is 36.2 Å². The number of halogens is 1. The highest BCUT2D eigenvalue weighted by atomic mass is 79.9. The van der Waals surface area contributed by atoms with E-state index in [2.05, 4.69) is 20.9 Å². The lowest BCUT2D eigenvalue weighted by molar-refractivity contribution is 0.0155. The highest BCUT2D eigenvalue weighted by molar-refractivity contribution is 9.10. The van der Waals surface area contributed by atoms with Gasteiger partial charge in [-0.2, -0.15) is 0 Å². The number of nitrogens with zero attached hydrogens (tertiary/aromatic N) is 2. The molecular formula is C13H17BrN2O2. The highest BCUT2D eigenvalue weighted by Gasteiger charge is 2.33. The van der Waals surface area contributed by atoms with E-state index < -0.39 is 5.60 Å². The van der Waals surface area contributed by atoms with Crippen LogP contribution in [-0.2, 0) is 0 Å². The highest BCUT2D eigenvalue weighted by Crippen LogP contribution is 2.30. The number of aliphatic hydroxyl groups is 1. The van der Waals surface area contributed by atoms with Crippen LogP contribution in [0.2, 0.25) is 0 Å². The van der Waals surface area contributed by atoms with Crippen LogP contribution in [0.3, 0.4) is 0 Å². The molecule has 4 nitrogen and oxygen atoms in total. The third-order valence-corrected chi connectivity index (χ3v) is 3.79. The summed E-state index contributed by atoms with van der Waals surface area (Å²) in [4.78, 5) is 17.8. The molecule has 5 heteroatoms. The van der Waals surface area contributed by atoms with Crippen molar-refractivity contribution in [2.45, 2.75) is 31.3 Å². The summed E-state index contributed by atoms with van der Waals surface area (Å²) in [6.07, 6.45) is 3.62. The summed E-state index contributed by atoms with van der Waals surface area (Å²) in [6.45, 7) is 0.375. The van der Waals surface area contributed by atoms with E-state index in [4.69, 9.17) is 0 Å². The molecule has 1 amide bonds. The molecule has 1 N–H and O–H groups in total. The Hall–Kier alpha value is -0.940. The Morgan fingerprint density at radius 3 is 2.78 bits per heavy atom. The molecule has 98 valence electrons. The first-order chi connectivity index (χ1) is 8.50.